The van der Waals surface area contributed by atoms with E-state index >= 15 is 0 Å². The first-order valence-electron chi connectivity index (χ1n) is 5.79. The molecule has 4 nitrogen and oxygen atoms in total. The van der Waals surface area contributed by atoms with Gasteiger partial charge in [0.2, 0.25) is 0 Å². The van der Waals surface area contributed by atoms with Crippen LogP contribution < -0.4 is 20.1 Å². The van der Waals surface area contributed by atoms with Crippen LogP contribution in [-0.4, -0.2) is 32.9 Å². The van der Waals surface area contributed by atoms with E-state index in [0.717, 1.165) is 19.5 Å². The molecule has 0 spiro atoms. The monoisotopic (exact) mass is 258 g/mol. The van der Waals surface area contributed by atoms with E-state index in [2.05, 4.69) is 15.4 Å². The van der Waals surface area contributed by atoms with E-state index in [-0.39, 0.29) is 11.8 Å². The normalized spacial score (nSPS) is 19.0. The van der Waals surface area contributed by atoms with E-state index < -0.39 is 6.61 Å². The lowest BCUT2D eigenvalue weighted by atomic mass is 10.2. The molecule has 1 aliphatic rings. The van der Waals surface area contributed by atoms with Crippen LogP contribution >= 0.6 is 0 Å². The molecule has 6 heteroatoms. The fourth-order valence-corrected chi connectivity index (χ4v) is 1.95. The van der Waals surface area contributed by atoms with Gasteiger partial charge in [-0.1, -0.05) is 0 Å². The number of benzene rings is 1. The molecule has 1 fully saturated rings. The lowest BCUT2D eigenvalue weighted by molar-refractivity contribution is -0.0494. The predicted octanol–water partition coefficient (Wildman–Crippen LogP) is 2.07. The SMILES string of the molecule is COc1ccc(OC(F)F)c(NC2CCNC2)c1. The number of hydrogen-bond donors (Lipinski definition) is 2. The molecule has 0 radical (unpaired) electrons. The van der Waals surface area contributed by atoms with Gasteiger partial charge in [-0.25, -0.2) is 0 Å². The van der Waals surface area contributed by atoms with E-state index in [1.54, 1.807) is 12.1 Å². The minimum atomic E-state index is -2.83. The van der Waals surface area contributed by atoms with Crippen molar-refractivity contribution in [2.24, 2.45) is 0 Å². The summed E-state index contributed by atoms with van der Waals surface area (Å²) < 4.78 is 34.2. The third-order valence-electron chi connectivity index (χ3n) is 2.82. The second-order valence-corrected chi connectivity index (χ2v) is 4.07. The zero-order chi connectivity index (χ0) is 13.0. The zero-order valence-corrected chi connectivity index (χ0v) is 10.1. The molecular weight excluding hydrogens is 242 g/mol. The Morgan fingerprint density at radius 3 is 2.89 bits per heavy atom. The maximum atomic E-state index is 12.3. The van der Waals surface area contributed by atoms with E-state index in [0.29, 0.717) is 11.4 Å². The molecule has 100 valence electrons. The van der Waals surface area contributed by atoms with Crippen molar-refractivity contribution < 1.29 is 18.3 Å². The Balaban J connectivity index is 2.16. The average molecular weight is 258 g/mol. The fraction of sp³-hybridized carbons (Fsp3) is 0.500. The van der Waals surface area contributed by atoms with Crippen LogP contribution in [0, 0.1) is 0 Å². The molecule has 0 amide bonds. The van der Waals surface area contributed by atoms with Gasteiger partial charge >= 0.3 is 6.61 Å². The molecule has 1 unspecified atom stereocenters. The van der Waals surface area contributed by atoms with Crippen molar-refractivity contribution in [3.63, 3.8) is 0 Å². The summed E-state index contributed by atoms with van der Waals surface area (Å²) in [6, 6.07) is 4.96. The molecule has 1 aliphatic heterocycles. The molecule has 1 aromatic carbocycles. The molecule has 1 saturated heterocycles. The summed E-state index contributed by atoms with van der Waals surface area (Å²) in [5, 5.41) is 6.39. The smallest absolute Gasteiger partial charge is 0.387 e. The maximum absolute atomic E-state index is 12.3. The van der Waals surface area contributed by atoms with Gasteiger partial charge in [-0.2, -0.15) is 8.78 Å². The summed E-state index contributed by atoms with van der Waals surface area (Å²) in [6.45, 7) is -1.10. The Morgan fingerprint density at radius 1 is 1.44 bits per heavy atom. The molecule has 0 aliphatic carbocycles. The van der Waals surface area contributed by atoms with Gasteiger partial charge in [0, 0.05) is 18.7 Å². The minimum absolute atomic E-state index is 0.137. The molecule has 0 bridgehead atoms. The van der Waals surface area contributed by atoms with Crippen molar-refractivity contribution in [1.82, 2.24) is 5.32 Å². The highest BCUT2D eigenvalue weighted by molar-refractivity contribution is 5.60. The summed E-state index contributed by atoms with van der Waals surface area (Å²) in [7, 11) is 1.53. The number of alkyl halides is 2. The van der Waals surface area contributed by atoms with Crippen molar-refractivity contribution in [2.75, 3.05) is 25.5 Å². The Labute approximate surface area is 104 Å². The van der Waals surface area contributed by atoms with Crippen molar-refractivity contribution in [1.29, 1.82) is 0 Å². The lowest BCUT2D eigenvalue weighted by Crippen LogP contribution is -2.22. The number of anilines is 1. The van der Waals surface area contributed by atoms with Crippen LogP contribution in [0.4, 0.5) is 14.5 Å². The Bertz CT molecular complexity index is 396. The van der Waals surface area contributed by atoms with Crippen molar-refractivity contribution in [3.05, 3.63) is 18.2 Å². The molecule has 1 aromatic rings. The number of hydrogen-bond acceptors (Lipinski definition) is 4. The molecular formula is C12H16F2N2O2. The zero-order valence-electron chi connectivity index (χ0n) is 10.1. The van der Waals surface area contributed by atoms with Crippen molar-refractivity contribution in [2.45, 2.75) is 19.1 Å². The van der Waals surface area contributed by atoms with E-state index in [9.17, 15) is 8.78 Å². The van der Waals surface area contributed by atoms with E-state index in [4.69, 9.17) is 4.74 Å². The van der Waals surface area contributed by atoms with Crippen LogP contribution in [-0.2, 0) is 0 Å². The summed E-state index contributed by atoms with van der Waals surface area (Å²) in [5.74, 6) is 0.739. The van der Waals surface area contributed by atoms with Crippen molar-refractivity contribution >= 4 is 5.69 Å². The number of nitrogens with one attached hydrogen (secondary N) is 2. The Morgan fingerprint density at radius 2 is 2.28 bits per heavy atom. The van der Waals surface area contributed by atoms with E-state index in [1.807, 2.05) is 0 Å². The van der Waals surface area contributed by atoms with Gasteiger partial charge in [0.1, 0.15) is 11.5 Å². The molecule has 1 heterocycles. The van der Waals surface area contributed by atoms with Gasteiger partial charge in [-0.05, 0) is 25.1 Å². The fourth-order valence-electron chi connectivity index (χ4n) is 1.95. The van der Waals surface area contributed by atoms with Crippen LogP contribution in [0.2, 0.25) is 0 Å². The van der Waals surface area contributed by atoms with Crippen molar-refractivity contribution in [3.8, 4) is 11.5 Å². The van der Waals surface area contributed by atoms with Gasteiger partial charge < -0.3 is 20.1 Å². The summed E-state index contributed by atoms with van der Waals surface area (Å²) in [4.78, 5) is 0. The van der Waals surface area contributed by atoms with Gasteiger partial charge in [0.25, 0.3) is 0 Å². The molecule has 2 N–H and O–H groups in total. The Hall–Kier alpha value is -1.56. The highest BCUT2D eigenvalue weighted by Crippen LogP contribution is 2.31. The molecule has 1 atom stereocenters. The minimum Gasteiger partial charge on any atom is -0.497 e. The van der Waals surface area contributed by atoms with Crippen LogP contribution in [0.5, 0.6) is 11.5 Å². The third kappa shape index (κ3) is 3.22. The molecule has 0 saturated carbocycles. The number of ether oxygens (including phenoxy) is 2. The number of halogens is 2. The van der Waals surface area contributed by atoms with Gasteiger partial charge in [0.15, 0.2) is 0 Å². The quantitative estimate of drug-likeness (QED) is 0.848. The van der Waals surface area contributed by atoms with E-state index in [1.165, 1.54) is 13.2 Å². The molecule has 18 heavy (non-hydrogen) atoms. The highest BCUT2D eigenvalue weighted by Gasteiger charge is 2.17. The van der Waals surface area contributed by atoms with Gasteiger partial charge in [0.05, 0.1) is 12.8 Å². The second kappa shape index (κ2) is 5.86. The average Bonchev–Trinajstić information content (AvgIpc) is 2.83. The standard InChI is InChI=1S/C12H16F2N2O2/c1-17-9-2-3-11(18-12(13)14)10(6-9)16-8-4-5-15-7-8/h2-3,6,8,12,15-16H,4-5,7H2,1H3. The highest BCUT2D eigenvalue weighted by atomic mass is 19.3. The van der Waals surface area contributed by atoms with Gasteiger partial charge in [-0.3, -0.25) is 0 Å². The predicted molar refractivity (Wildman–Crippen MR) is 64.5 cm³/mol. The first-order valence-corrected chi connectivity index (χ1v) is 5.79. The second-order valence-electron chi connectivity index (χ2n) is 4.07. The number of rotatable bonds is 5. The molecule has 0 aromatic heterocycles. The van der Waals surface area contributed by atoms with Crippen LogP contribution in [0.3, 0.4) is 0 Å². The number of methoxy groups -OCH3 is 1. The summed E-state index contributed by atoms with van der Waals surface area (Å²) in [5.41, 5.74) is 0.531. The van der Waals surface area contributed by atoms with Crippen LogP contribution in [0.25, 0.3) is 0 Å². The third-order valence-corrected chi connectivity index (χ3v) is 2.82. The maximum Gasteiger partial charge on any atom is 0.387 e. The summed E-state index contributed by atoms with van der Waals surface area (Å²) in [6.07, 6.45) is 0.950. The van der Waals surface area contributed by atoms with Gasteiger partial charge in [-0.15, -0.1) is 0 Å². The lowest BCUT2D eigenvalue weighted by Gasteiger charge is -2.17. The topological polar surface area (TPSA) is 42.5 Å². The van der Waals surface area contributed by atoms with Crippen LogP contribution in [0.15, 0.2) is 18.2 Å². The van der Waals surface area contributed by atoms with Crippen LogP contribution in [0.1, 0.15) is 6.42 Å². The first kappa shape index (κ1) is 12.9. The molecule has 2 rings (SSSR count). The summed E-state index contributed by atoms with van der Waals surface area (Å²) >= 11 is 0. The largest absolute Gasteiger partial charge is 0.497 e. The first-order chi connectivity index (χ1) is 8.69. The Kier molecular flexibility index (Phi) is 4.19.